The number of hydrogen-bond donors (Lipinski definition) is 0. The van der Waals surface area contributed by atoms with Crippen molar-refractivity contribution >= 4 is 5.78 Å². The summed E-state index contributed by atoms with van der Waals surface area (Å²) in [5.41, 5.74) is 2.68. The van der Waals surface area contributed by atoms with Crippen LogP contribution >= 0.6 is 0 Å². The van der Waals surface area contributed by atoms with Crippen molar-refractivity contribution in [1.82, 2.24) is 0 Å². The first-order valence-corrected chi connectivity index (χ1v) is 7.03. The number of hydrogen-bond acceptors (Lipinski definition) is 3. The van der Waals surface area contributed by atoms with Gasteiger partial charge in [0.1, 0.15) is 11.5 Å². The van der Waals surface area contributed by atoms with Crippen LogP contribution in [0.2, 0.25) is 0 Å². The van der Waals surface area contributed by atoms with Crippen LogP contribution in [0.1, 0.15) is 28.4 Å². The van der Waals surface area contributed by atoms with Gasteiger partial charge in [0, 0.05) is 17.5 Å². The molecule has 0 amide bonds. The zero-order valence-electron chi connectivity index (χ0n) is 12.7. The Bertz CT molecular complexity index is 632. The third-order valence-electron chi connectivity index (χ3n) is 3.25. The molecule has 3 heteroatoms. The van der Waals surface area contributed by atoms with Gasteiger partial charge in [-0.15, -0.1) is 0 Å². The summed E-state index contributed by atoms with van der Waals surface area (Å²) in [7, 11) is 1.62. The number of benzene rings is 2. The predicted molar refractivity (Wildman–Crippen MR) is 83.4 cm³/mol. The Morgan fingerprint density at radius 3 is 2.67 bits per heavy atom. The minimum absolute atomic E-state index is 0.0560. The molecule has 0 saturated carbocycles. The van der Waals surface area contributed by atoms with Crippen molar-refractivity contribution in [1.29, 1.82) is 0 Å². The maximum absolute atomic E-state index is 12.4. The van der Waals surface area contributed by atoms with Gasteiger partial charge in [0.2, 0.25) is 0 Å². The second-order valence-corrected chi connectivity index (χ2v) is 4.88. The van der Waals surface area contributed by atoms with E-state index in [2.05, 4.69) is 0 Å². The van der Waals surface area contributed by atoms with Gasteiger partial charge < -0.3 is 9.47 Å². The lowest BCUT2D eigenvalue weighted by Gasteiger charge is -2.10. The highest BCUT2D eigenvalue weighted by atomic mass is 16.5. The molecule has 2 rings (SSSR count). The van der Waals surface area contributed by atoms with Crippen molar-refractivity contribution in [3.8, 4) is 11.5 Å². The van der Waals surface area contributed by atoms with E-state index in [9.17, 15) is 4.79 Å². The van der Waals surface area contributed by atoms with Crippen LogP contribution in [0.5, 0.6) is 11.5 Å². The SMILES string of the molecule is CCOc1cccc(C(=O)Cc2cc(C)ccc2OC)c1. The quantitative estimate of drug-likeness (QED) is 0.756. The third kappa shape index (κ3) is 3.85. The molecule has 0 saturated heterocycles. The van der Waals surface area contributed by atoms with Crippen molar-refractivity contribution in [3.63, 3.8) is 0 Å². The minimum atomic E-state index is 0.0560. The zero-order valence-corrected chi connectivity index (χ0v) is 12.7. The van der Waals surface area contributed by atoms with Crippen LogP contribution in [0.25, 0.3) is 0 Å². The molecule has 0 aliphatic heterocycles. The molecule has 0 aromatic heterocycles. The van der Waals surface area contributed by atoms with Gasteiger partial charge in [0.15, 0.2) is 5.78 Å². The van der Waals surface area contributed by atoms with Crippen molar-refractivity contribution in [2.45, 2.75) is 20.3 Å². The summed E-state index contributed by atoms with van der Waals surface area (Å²) in [6.45, 7) is 4.51. The topological polar surface area (TPSA) is 35.5 Å². The average Bonchev–Trinajstić information content (AvgIpc) is 2.48. The van der Waals surface area contributed by atoms with E-state index in [0.717, 1.165) is 22.6 Å². The summed E-state index contributed by atoms with van der Waals surface area (Å²) in [4.78, 5) is 12.4. The molecule has 0 bridgehead atoms. The second-order valence-electron chi connectivity index (χ2n) is 4.88. The van der Waals surface area contributed by atoms with Gasteiger partial charge in [-0.2, -0.15) is 0 Å². The molecule has 0 heterocycles. The van der Waals surface area contributed by atoms with E-state index in [-0.39, 0.29) is 5.78 Å². The van der Waals surface area contributed by atoms with Crippen molar-refractivity contribution in [2.24, 2.45) is 0 Å². The van der Waals surface area contributed by atoms with Crippen LogP contribution in [0.4, 0.5) is 0 Å². The Balaban J connectivity index is 2.21. The maximum Gasteiger partial charge on any atom is 0.167 e. The van der Waals surface area contributed by atoms with Gasteiger partial charge in [-0.3, -0.25) is 4.79 Å². The number of carbonyl (C=O) groups excluding carboxylic acids is 1. The van der Waals surface area contributed by atoms with Gasteiger partial charge >= 0.3 is 0 Å². The fourth-order valence-corrected chi connectivity index (χ4v) is 2.25. The molecule has 21 heavy (non-hydrogen) atoms. The Hall–Kier alpha value is -2.29. The molecule has 0 spiro atoms. The maximum atomic E-state index is 12.4. The van der Waals surface area contributed by atoms with E-state index in [1.807, 2.05) is 50.2 Å². The highest BCUT2D eigenvalue weighted by molar-refractivity contribution is 5.98. The summed E-state index contributed by atoms with van der Waals surface area (Å²) >= 11 is 0. The first-order chi connectivity index (χ1) is 10.1. The normalized spacial score (nSPS) is 10.2. The molecule has 2 aromatic carbocycles. The molecule has 3 nitrogen and oxygen atoms in total. The molecule has 0 aliphatic carbocycles. The zero-order chi connectivity index (χ0) is 15.2. The third-order valence-corrected chi connectivity index (χ3v) is 3.25. The molecule has 0 unspecified atom stereocenters. The number of ether oxygens (including phenoxy) is 2. The Labute approximate surface area is 125 Å². The second kappa shape index (κ2) is 6.93. The Kier molecular flexibility index (Phi) is 4.99. The van der Waals surface area contributed by atoms with Crippen LogP contribution in [0.15, 0.2) is 42.5 Å². The van der Waals surface area contributed by atoms with Crippen molar-refractivity contribution in [3.05, 3.63) is 59.2 Å². The lowest BCUT2D eigenvalue weighted by Crippen LogP contribution is -2.06. The van der Waals surface area contributed by atoms with E-state index in [1.54, 1.807) is 13.2 Å². The molecule has 0 radical (unpaired) electrons. The van der Waals surface area contributed by atoms with Gasteiger partial charge in [-0.25, -0.2) is 0 Å². The summed E-state index contributed by atoms with van der Waals surface area (Å²) in [6, 6.07) is 13.2. The summed E-state index contributed by atoms with van der Waals surface area (Å²) in [5, 5.41) is 0. The number of Topliss-reactive ketones (excluding diaryl/α,β-unsaturated/α-hetero) is 1. The van der Waals surface area contributed by atoms with Crippen LogP contribution in [-0.2, 0) is 6.42 Å². The molecule has 0 N–H and O–H groups in total. The first kappa shape index (κ1) is 15.1. The van der Waals surface area contributed by atoms with Crippen LogP contribution in [-0.4, -0.2) is 19.5 Å². The molecule has 0 fully saturated rings. The Morgan fingerprint density at radius 2 is 1.95 bits per heavy atom. The molecular formula is C18H20O3. The van der Waals surface area contributed by atoms with Crippen LogP contribution in [0, 0.1) is 6.92 Å². The minimum Gasteiger partial charge on any atom is -0.496 e. The lowest BCUT2D eigenvalue weighted by molar-refractivity contribution is 0.0991. The highest BCUT2D eigenvalue weighted by Crippen LogP contribution is 2.22. The molecule has 2 aromatic rings. The van der Waals surface area contributed by atoms with E-state index in [0.29, 0.717) is 18.6 Å². The van der Waals surface area contributed by atoms with E-state index in [4.69, 9.17) is 9.47 Å². The summed E-state index contributed by atoms with van der Waals surface area (Å²) in [6.07, 6.45) is 0.320. The number of rotatable bonds is 6. The average molecular weight is 284 g/mol. The van der Waals surface area contributed by atoms with Crippen LogP contribution in [0.3, 0.4) is 0 Å². The van der Waals surface area contributed by atoms with Crippen molar-refractivity contribution < 1.29 is 14.3 Å². The van der Waals surface area contributed by atoms with Gasteiger partial charge in [0.05, 0.1) is 13.7 Å². The molecule has 110 valence electrons. The summed E-state index contributed by atoms with van der Waals surface area (Å²) < 4.78 is 10.8. The fraction of sp³-hybridized carbons (Fsp3) is 0.278. The monoisotopic (exact) mass is 284 g/mol. The Morgan fingerprint density at radius 1 is 1.14 bits per heavy atom. The van der Waals surface area contributed by atoms with Gasteiger partial charge in [0.25, 0.3) is 0 Å². The van der Waals surface area contributed by atoms with E-state index >= 15 is 0 Å². The number of ketones is 1. The van der Waals surface area contributed by atoms with Gasteiger partial charge in [-0.05, 0) is 32.0 Å². The van der Waals surface area contributed by atoms with E-state index in [1.165, 1.54) is 0 Å². The largest absolute Gasteiger partial charge is 0.496 e. The van der Waals surface area contributed by atoms with E-state index < -0.39 is 0 Å². The lowest BCUT2D eigenvalue weighted by atomic mass is 10.0. The first-order valence-electron chi connectivity index (χ1n) is 7.03. The molecule has 0 aliphatic rings. The highest BCUT2D eigenvalue weighted by Gasteiger charge is 2.12. The predicted octanol–water partition coefficient (Wildman–Crippen LogP) is 3.83. The standard InChI is InChI=1S/C18H20O3/c1-4-21-16-7-5-6-14(11-16)17(19)12-15-10-13(2)8-9-18(15)20-3/h5-11H,4,12H2,1-3H3. The number of methoxy groups -OCH3 is 1. The number of carbonyl (C=O) groups is 1. The fourth-order valence-electron chi connectivity index (χ4n) is 2.25. The molecular weight excluding hydrogens is 264 g/mol. The summed E-state index contributed by atoms with van der Waals surface area (Å²) in [5.74, 6) is 1.52. The number of aryl methyl sites for hydroxylation is 1. The smallest absolute Gasteiger partial charge is 0.167 e. The van der Waals surface area contributed by atoms with Gasteiger partial charge in [-0.1, -0.05) is 29.8 Å². The van der Waals surface area contributed by atoms with Crippen LogP contribution < -0.4 is 9.47 Å². The molecule has 0 atom stereocenters. The van der Waals surface area contributed by atoms with Crippen molar-refractivity contribution in [2.75, 3.05) is 13.7 Å².